The Morgan fingerprint density at radius 3 is 3.00 bits per heavy atom. The number of para-hydroxylation sites is 1. The summed E-state index contributed by atoms with van der Waals surface area (Å²) < 4.78 is 0. The van der Waals surface area contributed by atoms with Gasteiger partial charge in [0.1, 0.15) is 0 Å². The fourth-order valence-corrected chi connectivity index (χ4v) is 3.02. The van der Waals surface area contributed by atoms with Crippen molar-refractivity contribution in [1.29, 1.82) is 0 Å². The number of rotatable bonds is 3. The van der Waals surface area contributed by atoms with Crippen molar-refractivity contribution in [3.8, 4) is 0 Å². The number of aryl methyl sites for hydroxylation is 1. The lowest BCUT2D eigenvalue weighted by Crippen LogP contribution is -2.40. The van der Waals surface area contributed by atoms with E-state index in [1.807, 2.05) is 6.92 Å². The number of pyridine rings is 1. The first-order chi connectivity index (χ1) is 9.74. The van der Waals surface area contributed by atoms with Gasteiger partial charge >= 0.3 is 0 Å². The quantitative estimate of drug-likeness (QED) is 0.925. The molecule has 1 fully saturated rings. The van der Waals surface area contributed by atoms with Gasteiger partial charge < -0.3 is 10.2 Å². The number of hydrogen-bond donors (Lipinski definition) is 1. The smallest absolute Gasteiger partial charge is 0.0936 e. The third kappa shape index (κ3) is 2.78. The fourth-order valence-electron chi connectivity index (χ4n) is 3.02. The number of fused-ring (bicyclic) bond motifs is 1. The predicted octanol–water partition coefficient (Wildman–Crippen LogP) is 3.44. The molecular formula is C17H23N3. The molecule has 1 aromatic carbocycles. The van der Waals surface area contributed by atoms with Crippen molar-refractivity contribution in [2.45, 2.75) is 32.2 Å². The van der Waals surface area contributed by atoms with Crippen molar-refractivity contribution in [3.05, 3.63) is 36.0 Å². The van der Waals surface area contributed by atoms with E-state index < -0.39 is 0 Å². The van der Waals surface area contributed by atoms with Crippen LogP contribution in [0.4, 0.5) is 5.69 Å². The van der Waals surface area contributed by atoms with E-state index in [1.165, 1.54) is 31.2 Å². The highest BCUT2D eigenvalue weighted by Gasteiger charge is 2.18. The summed E-state index contributed by atoms with van der Waals surface area (Å²) in [6.07, 6.45) is 3.98. The number of piperidine rings is 1. The lowest BCUT2D eigenvalue weighted by atomic mass is 10.0. The molecule has 1 N–H and O–H groups in total. The van der Waals surface area contributed by atoms with E-state index >= 15 is 0 Å². The summed E-state index contributed by atoms with van der Waals surface area (Å²) in [6, 6.07) is 11.2. The summed E-state index contributed by atoms with van der Waals surface area (Å²) in [7, 11) is 2.23. The Kier molecular flexibility index (Phi) is 3.88. The average molecular weight is 269 g/mol. The fraction of sp³-hybridized carbons (Fsp3) is 0.471. The molecule has 3 nitrogen and oxygen atoms in total. The number of nitrogens with one attached hydrogen (secondary N) is 1. The minimum absolute atomic E-state index is 0.642. The molecule has 3 heteroatoms. The zero-order valence-electron chi connectivity index (χ0n) is 12.4. The molecule has 1 unspecified atom stereocenters. The summed E-state index contributed by atoms with van der Waals surface area (Å²) in [5.74, 6) is 0. The minimum Gasteiger partial charge on any atom is -0.382 e. The monoisotopic (exact) mass is 269 g/mol. The molecule has 0 bridgehead atoms. The molecule has 0 aliphatic carbocycles. The minimum atomic E-state index is 0.642. The first kappa shape index (κ1) is 13.4. The van der Waals surface area contributed by atoms with Crippen LogP contribution in [-0.4, -0.2) is 36.1 Å². The van der Waals surface area contributed by atoms with Gasteiger partial charge in [-0.3, -0.25) is 4.98 Å². The molecule has 1 aliphatic heterocycles. The second kappa shape index (κ2) is 5.80. The Balaban J connectivity index is 1.78. The predicted molar refractivity (Wildman–Crippen MR) is 85.2 cm³/mol. The highest BCUT2D eigenvalue weighted by atomic mass is 15.2. The first-order valence-electron chi connectivity index (χ1n) is 7.54. The van der Waals surface area contributed by atoms with Crippen molar-refractivity contribution >= 4 is 16.6 Å². The van der Waals surface area contributed by atoms with Gasteiger partial charge in [0.25, 0.3) is 0 Å². The van der Waals surface area contributed by atoms with Crippen LogP contribution in [0.5, 0.6) is 0 Å². The highest BCUT2D eigenvalue weighted by molar-refractivity contribution is 5.90. The average Bonchev–Trinajstić information content (AvgIpc) is 2.46. The number of likely N-dealkylation sites (N-methyl/N-ethyl adjacent to an activating group) is 1. The van der Waals surface area contributed by atoms with Gasteiger partial charge in [-0.2, -0.15) is 0 Å². The Morgan fingerprint density at radius 1 is 1.25 bits per heavy atom. The Hall–Kier alpha value is -1.61. The van der Waals surface area contributed by atoms with Gasteiger partial charge in [-0.05, 0) is 45.5 Å². The molecular weight excluding hydrogens is 246 g/mol. The van der Waals surface area contributed by atoms with Crippen molar-refractivity contribution in [1.82, 2.24) is 9.88 Å². The number of aromatic nitrogens is 1. The maximum atomic E-state index is 4.68. The molecule has 1 aliphatic rings. The van der Waals surface area contributed by atoms with Crippen LogP contribution in [0.1, 0.15) is 25.0 Å². The van der Waals surface area contributed by atoms with Crippen molar-refractivity contribution in [3.63, 3.8) is 0 Å². The maximum absolute atomic E-state index is 4.68. The van der Waals surface area contributed by atoms with Crippen LogP contribution in [0.25, 0.3) is 10.9 Å². The summed E-state index contributed by atoms with van der Waals surface area (Å²) >= 11 is 0. The van der Waals surface area contributed by atoms with Gasteiger partial charge in [0.2, 0.25) is 0 Å². The number of hydrogen-bond acceptors (Lipinski definition) is 3. The van der Waals surface area contributed by atoms with Gasteiger partial charge in [-0.15, -0.1) is 0 Å². The van der Waals surface area contributed by atoms with E-state index in [0.29, 0.717) is 6.04 Å². The molecule has 0 spiro atoms. The molecule has 2 heterocycles. The van der Waals surface area contributed by atoms with E-state index in [-0.39, 0.29) is 0 Å². The lowest BCUT2D eigenvalue weighted by molar-refractivity contribution is 0.195. The van der Waals surface area contributed by atoms with E-state index in [1.54, 1.807) is 0 Å². The van der Waals surface area contributed by atoms with E-state index in [9.17, 15) is 0 Å². The summed E-state index contributed by atoms with van der Waals surface area (Å²) in [6.45, 7) is 4.27. The van der Waals surface area contributed by atoms with Crippen molar-refractivity contribution in [2.24, 2.45) is 0 Å². The van der Waals surface area contributed by atoms with Crippen LogP contribution < -0.4 is 5.32 Å². The van der Waals surface area contributed by atoms with Crippen LogP contribution in [-0.2, 0) is 0 Å². The van der Waals surface area contributed by atoms with Gasteiger partial charge in [0.15, 0.2) is 0 Å². The second-order valence-electron chi connectivity index (χ2n) is 5.84. The highest BCUT2D eigenvalue weighted by Crippen LogP contribution is 2.23. The SMILES string of the molecule is Cc1ccc2cccc(NCC3CCCCN3C)c2n1. The normalized spacial score (nSPS) is 20.2. The molecule has 1 atom stereocenters. The van der Waals surface area contributed by atoms with Gasteiger partial charge in [0.05, 0.1) is 11.2 Å². The summed E-state index contributed by atoms with van der Waals surface area (Å²) in [5.41, 5.74) is 3.32. The number of nitrogens with zero attached hydrogens (tertiary/aromatic N) is 2. The third-order valence-corrected chi connectivity index (χ3v) is 4.31. The molecule has 106 valence electrons. The number of benzene rings is 1. The molecule has 3 rings (SSSR count). The zero-order valence-corrected chi connectivity index (χ0v) is 12.4. The van der Waals surface area contributed by atoms with Gasteiger partial charge in [0, 0.05) is 23.7 Å². The van der Waals surface area contributed by atoms with Crippen LogP contribution in [0.3, 0.4) is 0 Å². The summed E-state index contributed by atoms with van der Waals surface area (Å²) in [4.78, 5) is 7.15. The van der Waals surface area contributed by atoms with Crippen LogP contribution >= 0.6 is 0 Å². The lowest BCUT2D eigenvalue weighted by Gasteiger charge is -2.32. The van der Waals surface area contributed by atoms with E-state index in [2.05, 4.69) is 52.6 Å². The largest absolute Gasteiger partial charge is 0.382 e. The molecule has 0 saturated carbocycles. The van der Waals surface area contributed by atoms with Crippen LogP contribution in [0.2, 0.25) is 0 Å². The standard InChI is InChI=1S/C17H23N3/c1-13-9-10-14-6-5-8-16(17(14)19-13)18-12-15-7-3-4-11-20(15)2/h5-6,8-10,15,18H,3-4,7,11-12H2,1-2H3. The second-order valence-corrected chi connectivity index (χ2v) is 5.84. The zero-order chi connectivity index (χ0) is 13.9. The van der Waals surface area contributed by atoms with Crippen LogP contribution in [0, 0.1) is 6.92 Å². The summed E-state index contributed by atoms with van der Waals surface area (Å²) in [5, 5.41) is 4.82. The molecule has 0 amide bonds. The molecule has 2 aromatic rings. The number of anilines is 1. The number of likely N-dealkylation sites (tertiary alicyclic amines) is 1. The molecule has 0 radical (unpaired) electrons. The Morgan fingerprint density at radius 2 is 2.15 bits per heavy atom. The van der Waals surface area contributed by atoms with Gasteiger partial charge in [-0.25, -0.2) is 0 Å². The Bertz CT molecular complexity index is 594. The first-order valence-corrected chi connectivity index (χ1v) is 7.54. The topological polar surface area (TPSA) is 28.2 Å². The van der Waals surface area contributed by atoms with Gasteiger partial charge in [-0.1, -0.05) is 24.6 Å². The van der Waals surface area contributed by atoms with E-state index in [0.717, 1.165) is 23.4 Å². The maximum Gasteiger partial charge on any atom is 0.0936 e. The van der Waals surface area contributed by atoms with Crippen molar-refractivity contribution < 1.29 is 0 Å². The third-order valence-electron chi connectivity index (χ3n) is 4.31. The molecule has 20 heavy (non-hydrogen) atoms. The van der Waals surface area contributed by atoms with E-state index in [4.69, 9.17) is 0 Å². The van der Waals surface area contributed by atoms with Crippen molar-refractivity contribution in [2.75, 3.05) is 25.5 Å². The molecule has 1 aromatic heterocycles. The molecule has 1 saturated heterocycles. The Labute approximate surface area is 121 Å². The van der Waals surface area contributed by atoms with Crippen LogP contribution in [0.15, 0.2) is 30.3 Å².